The van der Waals surface area contributed by atoms with Crippen molar-refractivity contribution in [1.82, 2.24) is 0 Å². The highest BCUT2D eigenvalue weighted by Gasteiger charge is 2.36. The van der Waals surface area contributed by atoms with E-state index in [0.717, 1.165) is 5.56 Å². The summed E-state index contributed by atoms with van der Waals surface area (Å²) in [6.07, 6.45) is -3.94. The van der Waals surface area contributed by atoms with E-state index in [9.17, 15) is 19.8 Å². The molecule has 0 aliphatic carbocycles. The molecule has 1 aromatic carbocycles. The number of carbonyl (C=O) groups excluding carboxylic acids is 2. The molecule has 0 saturated heterocycles. The standard InChI is InChI=1S/C20H30ClNO5/c1-19(2,3)13-7-9-14(10-8-13)22(12-11-21)17(25)15(23)16(24)18(26)27-20(4,5)6/h7-10,15-16,23-24H,11-12H2,1-6H3/t15-,16-/m1/s1. The van der Waals surface area contributed by atoms with E-state index in [1.165, 1.54) is 4.90 Å². The fourth-order valence-electron chi connectivity index (χ4n) is 2.38. The van der Waals surface area contributed by atoms with Crippen LogP contribution in [-0.2, 0) is 19.7 Å². The molecule has 27 heavy (non-hydrogen) atoms. The maximum atomic E-state index is 12.7. The minimum Gasteiger partial charge on any atom is -0.458 e. The topological polar surface area (TPSA) is 87.1 Å². The van der Waals surface area contributed by atoms with E-state index in [2.05, 4.69) is 20.8 Å². The van der Waals surface area contributed by atoms with Crippen molar-refractivity contribution in [3.63, 3.8) is 0 Å². The van der Waals surface area contributed by atoms with Gasteiger partial charge in [-0.1, -0.05) is 32.9 Å². The van der Waals surface area contributed by atoms with Gasteiger partial charge in [0, 0.05) is 18.1 Å². The summed E-state index contributed by atoms with van der Waals surface area (Å²) in [5.74, 6) is -1.75. The molecular formula is C20H30ClNO5. The molecule has 0 aliphatic heterocycles. The van der Waals surface area contributed by atoms with Crippen molar-refractivity contribution in [2.75, 3.05) is 17.3 Å². The van der Waals surface area contributed by atoms with Gasteiger partial charge in [0.05, 0.1) is 0 Å². The number of ether oxygens (including phenoxy) is 1. The Morgan fingerprint density at radius 1 is 1.04 bits per heavy atom. The van der Waals surface area contributed by atoms with Gasteiger partial charge in [-0.3, -0.25) is 4.79 Å². The molecule has 0 bridgehead atoms. The zero-order valence-electron chi connectivity index (χ0n) is 16.8. The number of amides is 1. The lowest BCUT2D eigenvalue weighted by molar-refractivity contribution is -0.173. The molecule has 2 N–H and O–H groups in total. The van der Waals surface area contributed by atoms with Crippen LogP contribution in [0.25, 0.3) is 0 Å². The number of alkyl halides is 1. The van der Waals surface area contributed by atoms with E-state index in [4.69, 9.17) is 16.3 Å². The second kappa shape index (κ2) is 9.04. The van der Waals surface area contributed by atoms with Crippen molar-refractivity contribution in [3.05, 3.63) is 29.8 Å². The maximum Gasteiger partial charge on any atom is 0.338 e. The Bertz CT molecular complexity index is 646. The molecule has 0 spiro atoms. The fraction of sp³-hybridized carbons (Fsp3) is 0.600. The number of carbonyl (C=O) groups is 2. The molecular weight excluding hydrogens is 370 g/mol. The Morgan fingerprint density at radius 3 is 1.96 bits per heavy atom. The second-order valence-corrected chi connectivity index (χ2v) is 8.78. The third kappa shape index (κ3) is 6.79. The van der Waals surface area contributed by atoms with E-state index >= 15 is 0 Å². The minimum atomic E-state index is -1.98. The highest BCUT2D eigenvalue weighted by Crippen LogP contribution is 2.25. The molecule has 7 heteroatoms. The first kappa shape index (κ1) is 23.4. The van der Waals surface area contributed by atoms with Gasteiger partial charge in [0.25, 0.3) is 5.91 Å². The average molecular weight is 400 g/mol. The Hall–Kier alpha value is -1.63. The summed E-state index contributed by atoms with van der Waals surface area (Å²) in [4.78, 5) is 25.9. The van der Waals surface area contributed by atoms with Crippen LogP contribution in [0.1, 0.15) is 47.1 Å². The quantitative estimate of drug-likeness (QED) is 0.567. The van der Waals surface area contributed by atoms with Crippen LogP contribution in [0.3, 0.4) is 0 Å². The molecule has 1 rings (SSSR count). The lowest BCUT2D eigenvalue weighted by Gasteiger charge is -2.28. The van der Waals surface area contributed by atoms with Crippen molar-refractivity contribution >= 4 is 29.2 Å². The molecule has 6 nitrogen and oxygen atoms in total. The van der Waals surface area contributed by atoms with E-state index in [1.807, 2.05) is 12.1 Å². The van der Waals surface area contributed by atoms with E-state index in [1.54, 1.807) is 32.9 Å². The van der Waals surface area contributed by atoms with Gasteiger partial charge in [-0.05, 0) is 43.9 Å². The van der Waals surface area contributed by atoms with Crippen LogP contribution in [-0.4, -0.2) is 52.3 Å². The number of aliphatic hydroxyl groups is 2. The summed E-state index contributed by atoms with van der Waals surface area (Å²) in [7, 11) is 0. The Morgan fingerprint density at radius 2 is 1.56 bits per heavy atom. The van der Waals surface area contributed by atoms with Crippen LogP contribution in [0.15, 0.2) is 24.3 Å². The largest absolute Gasteiger partial charge is 0.458 e. The number of nitrogens with zero attached hydrogens (tertiary/aromatic N) is 1. The van der Waals surface area contributed by atoms with Crippen LogP contribution in [0.5, 0.6) is 0 Å². The average Bonchev–Trinajstić information content (AvgIpc) is 2.55. The first-order valence-electron chi connectivity index (χ1n) is 8.85. The lowest BCUT2D eigenvalue weighted by Crippen LogP contribution is -2.50. The summed E-state index contributed by atoms with van der Waals surface area (Å²) < 4.78 is 5.02. The number of halogens is 1. The van der Waals surface area contributed by atoms with Gasteiger partial charge < -0.3 is 19.8 Å². The number of esters is 1. The molecule has 2 atom stereocenters. The number of hydrogen-bond donors (Lipinski definition) is 2. The third-order valence-electron chi connectivity index (χ3n) is 3.82. The molecule has 0 radical (unpaired) electrons. The van der Waals surface area contributed by atoms with Gasteiger partial charge in [0.2, 0.25) is 0 Å². The fourth-order valence-corrected chi connectivity index (χ4v) is 2.55. The van der Waals surface area contributed by atoms with Gasteiger partial charge in [-0.25, -0.2) is 4.79 Å². The molecule has 0 aliphatic rings. The molecule has 152 valence electrons. The Kier molecular flexibility index (Phi) is 7.84. The van der Waals surface area contributed by atoms with Gasteiger partial charge in [0.1, 0.15) is 5.60 Å². The molecule has 0 heterocycles. The summed E-state index contributed by atoms with van der Waals surface area (Å²) in [6, 6.07) is 7.27. The van der Waals surface area contributed by atoms with E-state index < -0.39 is 29.7 Å². The highest BCUT2D eigenvalue weighted by molar-refractivity contribution is 6.18. The first-order valence-corrected chi connectivity index (χ1v) is 9.38. The van der Waals surface area contributed by atoms with Crippen molar-refractivity contribution in [2.24, 2.45) is 0 Å². The summed E-state index contributed by atoms with van der Waals surface area (Å²) in [5, 5.41) is 20.2. The smallest absolute Gasteiger partial charge is 0.338 e. The third-order valence-corrected chi connectivity index (χ3v) is 3.99. The molecule has 0 aromatic heterocycles. The number of benzene rings is 1. The number of rotatable bonds is 6. The number of anilines is 1. The van der Waals surface area contributed by atoms with Crippen molar-refractivity contribution in [2.45, 2.75) is 64.8 Å². The number of hydrogen-bond acceptors (Lipinski definition) is 5. The van der Waals surface area contributed by atoms with E-state index in [0.29, 0.717) is 5.69 Å². The van der Waals surface area contributed by atoms with Crippen LogP contribution in [0.2, 0.25) is 0 Å². The molecule has 0 unspecified atom stereocenters. The van der Waals surface area contributed by atoms with Crippen molar-refractivity contribution < 1.29 is 24.5 Å². The molecule has 1 aromatic rings. The summed E-state index contributed by atoms with van der Waals surface area (Å²) in [6.45, 7) is 11.2. The first-order chi connectivity index (χ1) is 12.3. The normalized spacial score (nSPS) is 14.4. The minimum absolute atomic E-state index is 0.0493. The monoisotopic (exact) mass is 399 g/mol. The molecule has 0 fully saturated rings. The van der Waals surface area contributed by atoms with Gasteiger partial charge in [0.15, 0.2) is 12.2 Å². The van der Waals surface area contributed by atoms with Crippen LogP contribution in [0, 0.1) is 0 Å². The van der Waals surface area contributed by atoms with Crippen molar-refractivity contribution in [1.29, 1.82) is 0 Å². The summed E-state index contributed by atoms with van der Waals surface area (Å²) >= 11 is 5.80. The van der Waals surface area contributed by atoms with Gasteiger partial charge >= 0.3 is 5.97 Å². The SMILES string of the molecule is CC(C)(C)OC(=O)[C@H](O)[C@@H](O)C(=O)N(CCCl)c1ccc(C(C)(C)C)cc1. The van der Waals surface area contributed by atoms with E-state index in [-0.39, 0.29) is 17.8 Å². The predicted octanol–water partition coefficient (Wildman–Crippen LogP) is 2.62. The van der Waals surface area contributed by atoms with Gasteiger partial charge in [-0.15, -0.1) is 11.6 Å². The zero-order valence-corrected chi connectivity index (χ0v) is 17.6. The van der Waals surface area contributed by atoms with Crippen molar-refractivity contribution in [3.8, 4) is 0 Å². The highest BCUT2D eigenvalue weighted by atomic mass is 35.5. The van der Waals surface area contributed by atoms with Crippen LogP contribution < -0.4 is 4.90 Å². The molecule has 1 amide bonds. The Labute approximate surface area is 166 Å². The van der Waals surface area contributed by atoms with Gasteiger partial charge in [-0.2, -0.15) is 0 Å². The lowest BCUT2D eigenvalue weighted by atomic mass is 9.87. The Balaban J connectivity index is 3.02. The summed E-state index contributed by atoms with van der Waals surface area (Å²) in [5.41, 5.74) is 0.703. The maximum absolute atomic E-state index is 12.7. The molecule has 0 saturated carbocycles. The van der Waals surface area contributed by atoms with Crippen LogP contribution in [0.4, 0.5) is 5.69 Å². The number of aliphatic hydroxyl groups excluding tert-OH is 2. The zero-order chi connectivity index (χ0) is 21.0. The second-order valence-electron chi connectivity index (χ2n) is 8.40. The van der Waals surface area contributed by atoms with Crippen LogP contribution >= 0.6 is 11.6 Å². The predicted molar refractivity (Wildman–Crippen MR) is 106 cm³/mol.